The highest BCUT2D eigenvalue weighted by molar-refractivity contribution is 5.95. The third-order valence-corrected chi connectivity index (χ3v) is 3.31. The molecule has 0 atom stereocenters. The topological polar surface area (TPSA) is 55.4 Å². The van der Waals surface area contributed by atoms with Crippen LogP contribution in [0.2, 0.25) is 0 Å². The van der Waals surface area contributed by atoms with E-state index >= 15 is 0 Å². The molecule has 0 bridgehead atoms. The number of rotatable bonds is 5. The summed E-state index contributed by atoms with van der Waals surface area (Å²) in [7, 11) is 0. The summed E-state index contributed by atoms with van der Waals surface area (Å²) < 4.78 is 18.8. The first kappa shape index (κ1) is 17.4. The van der Waals surface area contributed by atoms with Crippen molar-refractivity contribution >= 4 is 17.4 Å². The van der Waals surface area contributed by atoms with Gasteiger partial charge in [-0.2, -0.15) is 0 Å². The molecule has 0 saturated carbocycles. The molecule has 0 aliphatic heterocycles. The van der Waals surface area contributed by atoms with E-state index in [1.54, 1.807) is 37.3 Å². The number of hydrogen-bond donors (Lipinski definition) is 1. The summed E-state index contributed by atoms with van der Waals surface area (Å²) in [4.78, 5) is 23.6. The first-order valence-electron chi connectivity index (χ1n) is 7.54. The third kappa shape index (κ3) is 4.52. The van der Waals surface area contributed by atoms with Gasteiger partial charge >= 0.3 is 5.97 Å². The van der Waals surface area contributed by atoms with E-state index in [1.165, 1.54) is 24.3 Å². The highest BCUT2D eigenvalue weighted by Crippen LogP contribution is 2.18. The van der Waals surface area contributed by atoms with Crippen molar-refractivity contribution in [1.82, 2.24) is 5.32 Å². The van der Waals surface area contributed by atoms with E-state index in [-0.39, 0.29) is 5.91 Å². The minimum Gasteiger partial charge on any atom is -0.423 e. The van der Waals surface area contributed by atoms with Crippen LogP contribution >= 0.6 is 0 Å². The molecular weight excluding hydrogens is 309 g/mol. The number of carbonyl (C=O) groups is 2. The molecule has 2 rings (SSSR count). The highest BCUT2D eigenvalue weighted by atomic mass is 19.1. The molecule has 2 aromatic carbocycles. The van der Waals surface area contributed by atoms with Crippen molar-refractivity contribution < 1.29 is 18.7 Å². The molecule has 0 saturated heterocycles. The highest BCUT2D eigenvalue weighted by Gasteiger charge is 2.08. The molecule has 0 aromatic heterocycles. The molecule has 0 spiro atoms. The lowest BCUT2D eigenvalue weighted by Gasteiger charge is -2.06. The Hall–Kier alpha value is -2.95. The Kier molecular flexibility index (Phi) is 5.84. The molecular formula is C19H18FNO3. The van der Waals surface area contributed by atoms with Gasteiger partial charge in [-0.15, -0.1) is 0 Å². The van der Waals surface area contributed by atoms with E-state index < -0.39 is 11.8 Å². The second kappa shape index (κ2) is 8.06. The fourth-order valence-corrected chi connectivity index (χ4v) is 2.12. The van der Waals surface area contributed by atoms with Gasteiger partial charge in [0.15, 0.2) is 0 Å². The lowest BCUT2D eigenvalue weighted by molar-refractivity contribution is -0.128. The van der Waals surface area contributed by atoms with Crippen LogP contribution in [-0.2, 0) is 4.79 Å². The number of benzene rings is 2. The molecule has 2 aromatic rings. The van der Waals surface area contributed by atoms with Crippen molar-refractivity contribution in [3.05, 3.63) is 71.6 Å². The summed E-state index contributed by atoms with van der Waals surface area (Å²) in [6.07, 6.45) is 1.23. The zero-order valence-electron chi connectivity index (χ0n) is 13.5. The molecule has 0 aliphatic carbocycles. The lowest BCUT2D eigenvalue weighted by atomic mass is 10.1. The lowest BCUT2D eigenvalue weighted by Crippen LogP contribution is -2.22. The van der Waals surface area contributed by atoms with E-state index in [2.05, 4.69) is 5.32 Å². The maximum atomic E-state index is 13.7. The maximum absolute atomic E-state index is 13.7. The molecule has 0 aliphatic rings. The van der Waals surface area contributed by atoms with Gasteiger partial charge in [-0.3, -0.25) is 4.79 Å². The predicted molar refractivity (Wildman–Crippen MR) is 90.1 cm³/mol. The number of allylic oxidation sites excluding steroid dienone is 1. The Balaban J connectivity index is 2.06. The smallest absolute Gasteiger partial charge is 0.336 e. The molecule has 0 heterocycles. The van der Waals surface area contributed by atoms with Crippen molar-refractivity contribution in [2.75, 3.05) is 6.54 Å². The molecule has 4 nitrogen and oxygen atoms in total. The van der Waals surface area contributed by atoms with Gasteiger partial charge in [0.2, 0.25) is 0 Å². The van der Waals surface area contributed by atoms with Crippen LogP contribution in [0.4, 0.5) is 4.39 Å². The van der Waals surface area contributed by atoms with Crippen LogP contribution in [0, 0.1) is 5.82 Å². The largest absolute Gasteiger partial charge is 0.423 e. The Bertz CT molecular complexity index is 766. The standard InChI is InChI=1S/C19H18FNO3/c1-3-21-19(23)14-8-10-15(11-9-14)24-18(22)12-13(2)16-6-4-5-7-17(16)20/h4-12H,3H2,1-2H3,(H,21,23)/b13-12-. The predicted octanol–water partition coefficient (Wildman–Crippen LogP) is 3.58. The van der Waals surface area contributed by atoms with Gasteiger partial charge in [-0.1, -0.05) is 18.2 Å². The summed E-state index contributed by atoms with van der Waals surface area (Å²) >= 11 is 0. The zero-order chi connectivity index (χ0) is 17.5. The van der Waals surface area contributed by atoms with Crippen LogP contribution in [0.15, 0.2) is 54.6 Å². The molecule has 0 fully saturated rings. The van der Waals surface area contributed by atoms with Gasteiger partial charge in [0, 0.05) is 23.7 Å². The van der Waals surface area contributed by atoms with Gasteiger partial charge < -0.3 is 10.1 Å². The second-order valence-corrected chi connectivity index (χ2v) is 5.11. The van der Waals surface area contributed by atoms with Crippen molar-refractivity contribution in [3.8, 4) is 5.75 Å². The first-order chi connectivity index (χ1) is 11.5. The van der Waals surface area contributed by atoms with E-state index in [0.29, 0.717) is 29.0 Å². The molecule has 1 N–H and O–H groups in total. The first-order valence-corrected chi connectivity index (χ1v) is 7.54. The Morgan fingerprint density at radius 2 is 1.79 bits per heavy atom. The van der Waals surface area contributed by atoms with Crippen LogP contribution in [0.3, 0.4) is 0 Å². The Morgan fingerprint density at radius 3 is 2.42 bits per heavy atom. The number of halogens is 1. The molecule has 1 amide bonds. The quantitative estimate of drug-likeness (QED) is 0.519. The molecule has 0 radical (unpaired) electrons. The average Bonchev–Trinajstić information content (AvgIpc) is 2.56. The Morgan fingerprint density at radius 1 is 1.12 bits per heavy atom. The van der Waals surface area contributed by atoms with Gasteiger partial charge in [0.1, 0.15) is 11.6 Å². The van der Waals surface area contributed by atoms with Gasteiger partial charge in [0.05, 0.1) is 0 Å². The summed E-state index contributed by atoms with van der Waals surface area (Å²) in [6, 6.07) is 12.4. The van der Waals surface area contributed by atoms with Crippen molar-refractivity contribution in [2.45, 2.75) is 13.8 Å². The number of amides is 1. The van der Waals surface area contributed by atoms with Gasteiger partial charge in [-0.25, -0.2) is 9.18 Å². The number of ether oxygens (including phenoxy) is 1. The zero-order valence-corrected chi connectivity index (χ0v) is 13.5. The summed E-state index contributed by atoms with van der Waals surface area (Å²) in [6.45, 7) is 4.01. The van der Waals surface area contributed by atoms with Crippen molar-refractivity contribution in [2.24, 2.45) is 0 Å². The average molecular weight is 327 g/mol. The molecule has 24 heavy (non-hydrogen) atoms. The number of carbonyl (C=O) groups excluding carboxylic acids is 2. The number of hydrogen-bond acceptors (Lipinski definition) is 3. The van der Waals surface area contributed by atoms with Crippen LogP contribution < -0.4 is 10.1 Å². The van der Waals surface area contributed by atoms with Crippen LogP contribution in [-0.4, -0.2) is 18.4 Å². The number of nitrogens with one attached hydrogen (secondary N) is 1. The summed E-state index contributed by atoms with van der Waals surface area (Å²) in [5, 5.41) is 2.68. The maximum Gasteiger partial charge on any atom is 0.336 e. The minimum absolute atomic E-state index is 0.189. The second-order valence-electron chi connectivity index (χ2n) is 5.11. The summed E-state index contributed by atoms with van der Waals surface area (Å²) in [5.74, 6) is -0.886. The normalized spacial score (nSPS) is 11.0. The number of esters is 1. The van der Waals surface area contributed by atoms with Crippen molar-refractivity contribution in [3.63, 3.8) is 0 Å². The van der Waals surface area contributed by atoms with Gasteiger partial charge in [-0.05, 0) is 49.8 Å². The minimum atomic E-state index is -0.610. The van der Waals surface area contributed by atoms with Crippen LogP contribution in [0.5, 0.6) is 5.75 Å². The van der Waals surface area contributed by atoms with Gasteiger partial charge in [0.25, 0.3) is 5.91 Å². The molecule has 0 unspecified atom stereocenters. The molecule has 124 valence electrons. The van der Waals surface area contributed by atoms with E-state index in [1.807, 2.05) is 6.92 Å². The van der Waals surface area contributed by atoms with Crippen molar-refractivity contribution in [1.29, 1.82) is 0 Å². The van der Waals surface area contributed by atoms with E-state index in [0.717, 1.165) is 0 Å². The van der Waals surface area contributed by atoms with Crippen LogP contribution in [0.1, 0.15) is 29.8 Å². The Labute approximate surface area is 140 Å². The van der Waals surface area contributed by atoms with Crippen LogP contribution in [0.25, 0.3) is 5.57 Å². The molecule has 5 heteroatoms. The van der Waals surface area contributed by atoms with E-state index in [9.17, 15) is 14.0 Å². The van der Waals surface area contributed by atoms with E-state index in [4.69, 9.17) is 4.74 Å². The monoisotopic (exact) mass is 327 g/mol. The fraction of sp³-hybridized carbons (Fsp3) is 0.158. The fourth-order valence-electron chi connectivity index (χ4n) is 2.12. The SMILES string of the molecule is CCNC(=O)c1ccc(OC(=O)/C=C(/C)c2ccccc2F)cc1. The third-order valence-electron chi connectivity index (χ3n) is 3.31. The summed E-state index contributed by atoms with van der Waals surface area (Å²) in [5.41, 5.74) is 1.30.